The van der Waals surface area contributed by atoms with Gasteiger partial charge in [-0.1, -0.05) is 19.6 Å². The number of hydrogen-bond acceptors (Lipinski definition) is 7. The number of amides is 2. The molecule has 2 fully saturated rings. The molecule has 4 aliphatic heterocycles. The Morgan fingerprint density at radius 2 is 1.64 bits per heavy atom. The molecule has 0 spiro atoms. The smallest absolute Gasteiger partial charge is 0.303 e. The standard InChI is InChI=1S/C33H40N4O7S/c1-6-18-15(3)30(37-33(18)44)31(42)29-16(4)20(8-10-27(40)41)23(35-29)12-22-19(7-9-26(38)39)14(2)21(34-22)11-24-28(25-13-45-25)17(5)32(43)36-24/h6,11-12,17,25,28-31,34-35,42H,1,7-10,13H2,2-5H3,(H,36,43)(H,37,44)(H,38,39)(H,40,41)/b23-12+,24-11-/t17-,25+,28-,29?,30+,31-/m1/s1. The number of aliphatic hydroxyl groups excluding tert-OH is 1. The van der Waals surface area contributed by atoms with Crippen LogP contribution in [0.1, 0.15) is 62.5 Å². The highest BCUT2D eigenvalue weighted by Crippen LogP contribution is 2.46. The molecule has 5 rings (SSSR count). The van der Waals surface area contributed by atoms with E-state index in [1.807, 2.05) is 44.7 Å². The zero-order valence-corrected chi connectivity index (χ0v) is 26.6. The Morgan fingerprint density at radius 1 is 1.00 bits per heavy atom. The first kappa shape index (κ1) is 32.4. The van der Waals surface area contributed by atoms with Crippen molar-refractivity contribution in [3.63, 3.8) is 0 Å². The lowest BCUT2D eigenvalue weighted by atomic mass is 9.91. The molecule has 0 aliphatic carbocycles. The number of aliphatic carboxylic acids is 2. The molecular weight excluding hydrogens is 596 g/mol. The molecule has 1 unspecified atom stereocenters. The number of carboxylic acids is 2. The summed E-state index contributed by atoms with van der Waals surface area (Å²) in [4.78, 5) is 51.6. The maximum atomic E-state index is 12.6. The van der Waals surface area contributed by atoms with Crippen LogP contribution in [0.4, 0.5) is 0 Å². The Balaban J connectivity index is 1.54. The van der Waals surface area contributed by atoms with Gasteiger partial charge >= 0.3 is 11.9 Å². The average Bonchev–Trinajstić information content (AvgIpc) is 3.53. The summed E-state index contributed by atoms with van der Waals surface area (Å²) in [6.07, 6.45) is 4.45. The highest BCUT2D eigenvalue weighted by molar-refractivity contribution is 8.06. The minimum atomic E-state index is -1.06. The van der Waals surface area contributed by atoms with Gasteiger partial charge in [0.25, 0.3) is 5.91 Å². The Hall–Kier alpha value is -4.03. The van der Waals surface area contributed by atoms with Crippen LogP contribution in [0.25, 0.3) is 12.2 Å². The van der Waals surface area contributed by atoms with E-state index in [9.17, 15) is 34.5 Å². The fraction of sp³-hybridized carbons (Fsp3) is 0.455. The second-order valence-electron chi connectivity index (χ2n) is 12.2. The third-order valence-electron chi connectivity index (χ3n) is 9.44. The molecule has 2 saturated heterocycles. The number of rotatable bonds is 12. The van der Waals surface area contributed by atoms with Crippen LogP contribution in [0.2, 0.25) is 0 Å². The van der Waals surface area contributed by atoms with Crippen LogP contribution in [0.3, 0.4) is 0 Å². The van der Waals surface area contributed by atoms with E-state index in [0.29, 0.717) is 27.8 Å². The predicted octanol–water partition coefficient (Wildman–Crippen LogP) is 3.03. The van der Waals surface area contributed by atoms with Gasteiger partial charge in [-0.3, -0.25) is 19.2 Å². The quantitative estimate of drug-likeness (QED) is 0.170. The second kappa shape index (κ2) is 12.8. The van der Waals surface area contributed by atoms with Gasteiger partial charge in [0, 0.05) is 64.0 Å². The van der Waals surface area contributed by atoms with Crippen molar-refractivity contribution >= 4 is 47.7 Å². The molecule has 0 radical (unpaired) electrons. The maximum absolute atomic E-state index is 12.6. The SMILES string of the molecule is C=CC1=C(C)[C@@H]([C@H](O)C2N/C(=C/c3[nH]c(/C=C4\NC(=O)[C@H](C)[C@H]4[C@@H]4CS4)c(C)c3CCC(=O)O)C(CCC(=O)O)=C2C)NC1=O. The Labute approximate surface area is 266 Å². The van der Waals surface area contributed by atoms with E-state index in [1.165, 1.54) is 6.08 Å². The lowest BCUT2D eigenvalue weighted by Crippen LogP contribution is -2.49. The van der Waals surface area contributed by atoms with Crippen molar-refractivity contribution in [1.29, 1.82) is 0 Å². The molecule has 5 heterocycles. The molecule has 6 atom stereocenters. The summed E-state index contributed by atoms with van der Waals surface area (Å²) in [5, 5.41) is 40.1. The average molecular weight is 637 g/mol. The van der Waals surface area contributed by atoms with Gasteiger partial charge in [-0.15, -0.1) is 0 Å². The van der Waals surface area contributed by atoms with Crippen molar-refractivity contribution < 1.29 is 34.5 Å². The zero-order chi connectivity index (χ0) is 32.7. The summed E-state index contributed by atoms with van der Waals surface area (Å²) in [7, 11) is 0. The summed E-state index contributed by atoms with van der Waals surface area (Å²) in [6, 6.07) is -1.27. The van der Waals surface area contributed by atoms with Gasteiger partial charge in [-0.25, -0.2) is 0 Å². The van der Waals surface area contributed by atoms with Crippen LogP contribution in [0.5, 0.6) is 0 Å². The van der Waals surface area contributed by atoms with Gasteiger partial charge in [-0.05, 0) is 73.6 Å². The molecule has 45 heavy (non-hydrogen) atoms. The molecule has 0 saturated carbocycles. The summed E-state index contributed by atoms with van der Waals surface area (Å²) in [6.45, 7) is 11.2. The van der Waals surface area contributed by atoms with Crippen molar-refractivity contribution in [3.05, 3.63) is 68.9 Å². The molecule has 1 aromatic heterocycles. The number of thioether (sulfide) groups is 1. The molecular formula is C33H40N4O7S. The molecule has 240 valence electrons. The molecule has 7 N–H and O–H groups in total. The van der Waals surface area contributed by atoms with Crippen molar-refractivity contribution in [3.8, 4) is 0 Å². The van der Waals surface area contributed by atoms with E-state index >= 15 is 0 Å². The molecule has 1 aromatic rings. The van der Waals surface area contributed by atoms with Gasteiger partial charge in [-0.2, -0.15) is 11.8 Å². The van der Waals surface area contributed by atoms with Gasteiger partial charge in [0.05, 0.1) is 12.1 Å². The van der Waals surface area contributed by atoms with E-state index in [0.717, 1.165) is 39.4 Å². The van der Waals surface area contributed by atoms with Gasteiger partial charge in [0.2, 0.25) is 5.91 Å². The number of nitrogens with one attached hydrogen (secondary N) is 4. The number of allylic oxidation sites excluding steroid dienone is 2. The molecule has 0 aromatic carbocycles. The number of hydrogen-bond donors (Lipinski definition) is 7. The maximum Gasteiger partial charge on any atom is 0.303 e. The van der Waals surface area contributed by atoms with Gasteiger partial charge in [0.1, 0.15) is 6.10 Å². The number of aliphatic hydroxyl groups is 1. The van der Waals surface area contributed by atoms with Crippen LogP contribution in [-0.2, 0) is 25.6 Å². The first-order valence-corrected chi connectivity index (χ1v) is 16.2. The lowest BCUT2D eigenvalue weighted by molar-refractivity contribution is -0.138. The van der Waals surface area contributed by atoms with Crippen LogP contribution in [-0.4, -0.2) is 73.2 Å². The second-order valence-corrected chi connectivity index (χ2v) is 13.5. The van der Waals surface area contributed by atoms with E-state index < -0.39 is 30.1 Å². The van der Waals surface area contributed by atoms with Crippen LogP contribution >= 0.6 is 11.8 Å². The number of aromatic amines is 1. The minimum Gasteiger partial charge on any atom is -0.481 e. The molecule has 11 nitrogen and oxygen atoms in total. The normalized spacial score (nSPS) is 28.5. The fourth-order valence-electron chi connectivity index (χ4n) is 6.75. The van der Waals surface area contributed by atoms with E-state index in [-0.39, 0.29) is 49.3 Å². The number of carboxylic acid groups (broad SMARTS) is 2. The van der Waals surface area contributed by atoms with Crippen LogP contribution < -0.4 is 16.0 Å². The van der Waals surface area contributed by atoms with E-state index in [2.05, 4.69) is 27.5 Å². The minimum absolute atomic E-state index is 0.0106. The van der Waals surface area contributed by atoms with Crippen LogP contribution in [0, 0.1) is 18.8 Å². The van der Waals surface area contributed by atoms with Gasteiger partial charge in [0.15, 0.2) is 0 Å². The summed E-state index contributed by atoms with van der Waals surface area (Å²) < 4.78 is 0. The Kier molecular flexibility index (Phi) is 9.18. The number of carbonyl (C=O) groups excluding carboxylic acids is 2. The largest absolute Gasteiger partial charge is 0.481 e. The van der Waals surface area contributed by atoms with Crippen molar-refractivity contribution in [2.45, 2.75) is 76.8 Å². The van der Waals surface area contributed by atoms with Crippen molar-refractivity contribution in [1.82, 2.24) is 20.9 Å². The van der Waals surface area contributed by atoms with Crippen molar-refractivity contribution in [2.24, 2.45) is 11.8 Å². The van der Waals surface area contributed by atoms with Crippen LogP contribution in [0.15, 0.2) is 46.3 Å². The molecule has 12 heteroatoms. The summed E-state index contributed by atoms with van der Waals surface area (Å²) in [5.74, 6) is -1.27. The molecule has 2 amide bonds. The highest BCUT2D eigenvalue weighted by atomic mass is 32.2. The third-order valence-corrected chi connectivity index (χ3v) is 10.5. The number of aromatic nitrogens is 1. The van der Waals surface area contributed by atoms with E-state index in [4.69, 9.17) is 0 Å². The van der Waals surface area contributed by atoms with Crippen molar-refractivity contribution in [2.75, 3.05) is 5.75 Å². The predicted molar refractivity (Wildman–Crippen MR) is 172 cm³/mol. The molecule has 0 bridgehead atoms. The van der Waals surface area contributed by atoms with E-state index in [1.54, 1.807) is 6.92 Å². The fourth-order valence-corrected chi connectivity index (χ4v) is 7.66. The first-order chi connectivity index (χ1) is 21.3. The summed E-state index contributed by atoms with van der Waals surface area (Å²) in [5.41, 5.74) is 7.12. The Morgan fingerprint density at radius 3 is 2.24 bits per heavy atom. The lowest BCUT2D eigenvalue weighted by Gasteiger charge is -2.27. The number of H-pyrrole nitrogens is 1. The first-order valence-electron chi connectivity index (χ1n) is 15.1. The highest BCUT2D eigenvalue weighted by Gasteiger charge is 2.45. The monoisotopic (exact) mass is 636 g/mol. The zero-order valence-electron chi connectivity index (χ0n) is 25.8. The number of carbonyl (C=O) groups is 4. The topological polar surface area (TPSA) is 181 Å². The van der Waals surface area contributed by atoms with Gasteiger partial charge < -0.3 is 36.3 Å². The summed E-state index contributed by atoms with van der Waals surface area (Å²) >= 11 is 1.83. The Bertz CT molecular complexity index is 1600. The third kappa shape index (κ3) is 6.39. The molecule has 4 aliphatic rings.